The highest BCUT2D eigenvalue weighted by Gasteiger charge is 2.11. The molecule has 0 saturated heterocycles. The smallest absolute Gasteiger partial charge is 0.303 e. The van der Waals surface area contributed by atoms with Gasteiger partial charge in [0, 0.05) is 23.7 Å². The van der Waals surface area contributed by atoms with Gasteiger partial charge in [0.05, 0.1) is 0 Å². The normalized spacial score (nSPS) is 11.1. The Morgan fingerprint density at radius 1 is 1.29 bits per heavy atom. The molecule has 7 heteroatoms. The number of nitrogens with one attached hydrogen (secondary N) is 1. The first-order chi connectivity index (χ1) is 10.2. The van der Waals surface area contributed by atoms with E-state index in [9.17, 15) is 4.79 Å². The fraction of sp³-hybridized carbons (Fsp3) is 0.286. The second-order valence-corrected chi connectivity index (χ2v) is 4.80. The number of aromatic nitrogens is 4. The first-order valence-corrected chi connectivity index (χ1v) is 6.73. The Hall–Kier alpha value is -2.70. The molecule has 0 saturated carbocycles. The van der Waals surface area contributed by atoms with Crippen LogP contribution in [0.15, 0.2) is 24.3 Å². The van der Waals surface area contributed by atoms with Crippen LogP contribution in [0.2, 0.25) is 0 Å². The average Bonchev–Trinajstić information content (AvgIpc) is 2.85. The second kappa shape index (κ2) is 5.35. The molecule has 2 N–H and O–H groups in total. The van der Waals surface area contributed by atoms with Crippen molar-refractivity contribution in [2.24, 2.45) is 0 Å². The first kappa shape index (κ1) is 13.3. The molecule has 0 fully saturated rings. The molecule has 2 heterocycles. The van der Waals surface area contributed by atoms with Crippen molar-refractivity contribution in [2.75, 3.05) is 11.9 Å². The summed E-state index contributed by atoms with van der Waals surface area (Å²) in [6, 6.07) is 7.82. The van der Waals surface area contributed by atoms with Crippen molar-refractivity contribution < 1.29 is 9.90 Å². The van der Waals surface area contributed by atoms with Gasteiger partial charge in [0.25, 0.3) is 0 Å². The predicted molar refractivity (Wildman–Crippen MR) is 78.4 cm³/mol. The highest BCUT2D eigenvalue weighted by atomic mass is 16.4. The summed E-state index contributed by atoms with van der Waals surface area (Å²) in [4.78, 5) is 10.5. The minimum atomic E-state index is -0.792. The van der Waals surface area contributed by atoms with Crippen LogP contribution in [0.25, 0.3) is 16.4 Å². The summed E-state index contributed by atoms with van der Waals surface area (Å²) in [6.45, 7) is 2.39. The van der Waals surface area contributed by atoms with Crippen molar-refractivity contribution in [3.05, 3.63) is 30.1 Å². The van der Waals surface area contributed by atoms with Crippen molar-refractivity contribution in [2.45, 2.75) is 19.8 Å². The van der Waals surface area contributed by atoms with Crippen LogP contribution in [0.5, 0.6) is 0 Å². The van der Waals surface area contributed by atoms with Gasteiger partial charge in [0.1, 0.15) is 0 Å². The lowest BCUT2D eigenvalue weighted by atomic mass is 10.2. The predicted octanol–water partition coefficient (Wildman–Crippen LogP) is 1.86. The van der Waals surface area contributed by atoms with Gasteiger partial charge >= 0.3 is 5.97 Å². The third-order valence-corrected chi connectivity index (χ3v) is 3.28. The van der Waals surface area contributed by atoms with E-state index in [1.807, 2.05) is 31.2 Å². The van der Waals surface area contributed by atoms with Gasteiger partial charge in [0.2, 0.25) is 0 Å². The van der Waals surface area contributed by atoms with E-state index in [0.29, 0.717) is 24.6 Å². The van der Waals surface area contributed by atoms with E-state index < -0.39 is 5.97 Å². The van der Waals surface area contributed by atoms with Gasteiger partial charge in [-0.15, -0.1) is 15.3 Å². The summed E-state index contributed by atoms with van der Waals surface area (Å²) < 4.78 is 1.70. The monoisotopic (exact) mass is 285 g/mol. The maximum Gasteiger partial charge on any atom is 0.303 e. The molecule has 0 spiro atoms. The van der Waals surface area contributed by atoms with Crippen LogP contribution in [0.3, 0.4) is 0 Å². The van der Waals surface area contributed by atoms with Crippen molar-refractivity contribution in [1.29, 1.82) is 0 Å². The highest BCUT2D eigenvalue weighted by Crippen LogP contribution is 2.24. The second-order valence-electron chi connectivity index (χ2n) is 4.80. The van der Waals surface area contributed by atoms with Crippen LogP contribution < -0.4 is 5.32 Å². The van der Waals surface area contributed by atoms with E-state index in [2.05, 4.69) is 20.6 Å². The zero-order valence-electron chi connectivity index (χ0n) is 11.6. The molecule has 0 aliphatic carbocycles. The lowest BCUT2D eigenvalue weighted by Gasteiger charge is -2.09. The number of fused-ring (bicyclic) bond motifs is 3. The number of carboxylic acids is 1. The molecule has 0 amide bonds. The van der Waals surface area contributed by atoms with Crippen LogP contribution in [0, 0.1) is 6.92 Å². The fourth-order valence-corrected chi connectivity index (χ4v) is 2.26. The number of rotatable bonds is 5. The molecule has 0 atom stereocenters. The molecule has 0 unspecified atom stereocenters. The van der Waals surface area contributed by atoms with Crippen LogP contribution in [0.4, 0.5) is 5.82 Å². The highest BCUT2D eigenvalue weighted by molar-refractivity contribution is 5.99. The zero-order chi connectivity index (χ0) is 14.8. The Morgan fingerprint density at radius 3 is 2.81 bits per heavy atom. The van der Waals surface area contributed by atoms with Crippen molar-refractivity contribution in [3.8, 4) is 0 Å². The van der Waals surface area contributed by atoms with Gasteiger partial charge in [0.15, 0.2) is 17.3 Å². The molecule has 21 heavy (non-hydrogen) atoms. The number of carboxylic acid groups (broad SMARTS) is 1. The van der Waals surface area contributed by atoms with Crippen LogP contribution in [-0.4, -0.2) is 37.4 Å². The van der Waals surface area contributed by atoms with E-state index in [1.165, 1.54) is 0 Å². The fourth-order valence-electron chi connectivity index (χ4n) is 2.26. The lowest BCUT2D eigenvalue weighted by Crippen LogP contribution is -2.09. The quantitative estimate of drug-likeness (QED) is 0.695. The molecule has 2 aromatic heterocycles. The van der Waals surface area contributed by atoms with Gasteiger partial charge in [-0.2, -0.15) is 4.52 Å². The van der Waals surface area contributed by atoms with Gasteiger partial charge in [-0.1, -0.05) is 24.3 Å². The Balaban J connectivity index is 1.99. The Morgan fingerprint density at radius 2 is 2.05 bits per heavy atom. The van der Waals surface area contributed by atoms with Gasteiger partial charge < -0.3 is 10.4 Å². The number of benzene rings is 1. The molecule has 3 aromatic rings. The lowest BCUT2D eigenvalue weighted by molar-refractivity contribution is -0.137. The third-order valence-electron chi connectivity index (χ3n) is 3.28. The molecule has 1 aromatic carbocycles. The molecule has 0 radical (unpaired) electrons. The van der Waals surface area contributed by atoms with Crippen LogP contribution in [0.1, 0.15) is 18.7 Å². The molecule has 108 valence electrons. The van der Waals surface area contributed by atoms with Crippen molar-refractivity contribution in [1.82, 2.24) is 19.8 Å². The summed E-state index contributed by atoms with van der Waals surface area (Å²) in [5, 5.41) is 26.5. The van der Waals surface area contributed by atoms with Gasteiger partial charge in [-0.3, -0.25) is 4.79 Å². The summed E-state index contributed by atoms with van der Waals surface area (Å²) in [6.07, 6.45) is 0.684. The van der Waals surface area contributed by atoms with E-state index in [4.69, 9.17) is 5.11 Å². The minimum Gasteiger partial charge on any atom is -0.481 e. The molecular weight excluding hydrogens is 270 g/mol. The van der Waals surface area contributed by atoms with Gasteiger partial charge in [-0.25, -0.2) is 0 Å². The number of aryl methyl sites for hydroxylation is 1. The minimum absolute atomic E-state index is 0.138. The standard InChI is InChI=1S/C14H15N5O2/c1-9-16-17-14-11-6-3-2-5-10(11)13(18-19(9)14)15-8-4-7-12(20)21/h2-3,5-6H,4,7-8H2,1H3,(H,15,18)(H,20,21). The Labute approximate surface area is 120 Å². The average molecular weight is 285 g/mol. The maximum absolute atomic E-state index is 10.5. The number of nitrogens with zero attached hydrogens (tertiary/aromatic N) is 4. The largest absolute Gasteiger partial charge is 0.481 e. The van der Waals surface area contributed by atoms with E-state index in [1.54, 1.807) is 4.52 Å². The summed E-state index contributed by atoms with van der Waals surface area (Å²) in [5.74, 6) is 0.635. The number of hydrogen-bond donors (Lipinski definition) is 2. The van der Waals surface area contributed by atoms with Crippen molar-refractivity contribution in [3.63, 3.8) is 0 Å². The summed E-state index contributed by atoms with van der Waals surface area (Å²) >= 11 is 0. The van der Waals surface area contributed by atoms with Crippen LogP contribution >= 0.6 is 0 Å². The third kappa shape index (κ3) is 2.49. The molecule has 0 aliphatic rings. The number of carbonyl (C=O) groups is 1. The molecule has 0 aliphatic heterocycles. The van der Waals surface area contributed by atoms with Crippen molar-refractivity contribution >= 4 is 28.2 Å². The Bertz CT molecular complexity index is 812. The molecule has 7 nitrogen and oxygen atoms in total. The topological polar surface area (TPSA) is 92.4 Å². The number of anilines is 1. The molecule has 0 bridgehead atoms. The Kier molecular flexibility index (Phi) is 3.39. The first-order valence-electron chi connectivity index (χ1n) is 6.73. The summed E-state index contributed by atoms with van der Waals surface area (Å²) in [5.41, 5.74) is 0.721. The summed E-state index contributed by atoms with van der Waals surface area (Å²) in [7, 11) is 0. The maximum atomic E-state index is 10.5. The van der Waals surface area contributed by atoms with E-state index >= 15 is 0 Å². The van der Waals surface area contributed by atoms with Crippen LogP contribution in [-0.2, 0) is 4.79 Å². The van der Waals surface area contributed by atoms with E-state index in [0.717, 1.165) is 16.4 Å². The molecule has 3 rings (SSSR count). The number of aliphatic carboxylic acids is 1. The van der Waals surface area contributed by atoms with E-state index in [-0.39, 0.29) is 6.42 Å². The number of hydrogen-bond acceptors (Lipinski definition) is 5. The van der Waals surface area contributed by atoms with Gasteiger partial charge in [-0.05, 0) is 13.3 Å². The zero-order valence-corrected chi connectivity index (χ0v) is 11.6. The molecular formula is C14H15N5O2. The SMILES string of the molecule is Cc1nnc2c3ccccc3c(NCCCC(=O)O)nn12.